The van der Waals surface area contributed by atoms with Crippen LogP contribution < -0.4 is 10.1 Å². The molecule has 0 aromatic heterocycles. The minimum Gasteiger partial charge on any atom is -0.497 e. The number of hydrogen-bond acceptors (Lipinski definition) is 3. The van der Waals surface area contributed by atoms with E-state index < -0.39 is 5.54 Å². The summed E-state index contributed by atoms with van der Waals surface area (Å²) in [6.07, 6.45) is 3.03. The van der Waals surface area contributed by atoms with E-state index in [1.165, 1.54) is 6.42 Å². The molecule has 1 aromatic rings. The van der Waals surface area contributed by atoms with Crippen molar-refractivity contribution in [3.8, 4) is 11.8 Å². The van der Waals surface area contributed by atoms with E-state index in [1.807, 2.05) is 24.3 Å². The minimum atomic E-state index is -0.441. The molecule has 1 aliphatic carbocycles. The Kier molecular flexibility index (Phi) is 3.99. The molecular formula is C16H22N2O. The molecule has 1 saturated carbocycles. The molecule has 0 heterocycles. The van der Waals surface area contributed by atoms with E-state index >= 15 is 0 Å². The summed E-state index contributed by atoms with van der Waals surface area (Å²) >= 11 is 0. The first-order valence-electron chi connectivity index (χ1n) is 6.90. The standard InChI is InChI=1S/C16H22N2O/c1-12-7-13(2)10-16(9-12,11-17)18-14-5-4-6-15(8-14)19-3/h4-6,8,12-13,18H,7,9-10H2,1-3H3. The van der Waals surface area contributed by atoms with Crippen molar-refractivity contribution in [1.82, 2.24) is 0 Å². The zero-order chi connectivity index (χ0) is 13.9. The number of ether oxygens (including phenoxy) is 1. The van der Waals surface area contributed by atoms with Crippen molar-refractivity contribution in [2.75, 3.05) is 12.4 Å². The molecule has 2 rings (SSSR count). The Labute approximate surface area is 115 Å². The van der Waals surface area contributed by atoms with Gasteiger partial charge in [0.2, 0.25) is 0 Å². The van der Waals surface area contributed by atoms with Gasteiger partial charge in [-0.1, -0.05) is 19.9 Å². The van der Waals surface area contributed by atoms with Crippen molar-refractivity contribution in [3.05, 3.63) is 24.3 Å². The van der Waals surface area contributed by atoms with Crippen LogP contribution in [0.25, 0.3) is 0 Å². The zero-order valence-electron chi connectivity index (χ0n) is 11.9. The van der Waals surface area contributed by atoms with Gasteiger partial charge in [0.15, 0.2) is 0 Å². The lowest BCUT2D eigenvalue weighted by molar-refractivity contribution is 0.240. The second kappa shape index (κ2) is 5.52. The Morgan fingerprint density at radius 3 is 2.58 bits per heavy atom. The normalized spacial score (nSPS) is 30.4. The summed E-state index contributed by atoms with van der Waals surface area (Å²) in [5.41, 5.74) is 0.519. The van der Waals surface area contributed by atoms with Crippen molar-refractivity contribution in [1.29, 1.82) is 5.26 Å². The van der Waals surface area contributed by atoms with Crippen molar-refractivity contribution in [2.24, 2.45) is 11.8 Å². The number of hydrogen-bond donors (Lipinski definition) is 1. The Bertz CT molecular complexity index is 468. The highest BCUT2D eigenvalue weighted by atomic mass is 16.5. The smallest absolute Gasteiger partial charge is 0.125 e. The number of anilines is 1. The molecule has 1 fully saturated rings. The van der Waals surface area contributed by atoms with E-state index in [4.69, 9.17) is 4.74 Å². The summed E-state index contributed by atoms with van der Waals surface area (Å²) in [4.78, 5) is 0. The monoisotopic (exact) mass is 258 g/mol. The third-order valence-corrected chi connectivity index (χ3v) is 3.87. The highest BCUT2D eigenvalue weighted by molar-refractivity contribution is 5.51. The molecule has 0 amide bonds. The first kappa shape index (κ1) is 13.7. The second-order valence-electron chi connectivity index (χ2n) is 5.91. The summed E-state index contributed by atoms with van der Waals surface area (Å²) < 4.78 is 5.23. The van der Waals surface area contributed by atoms with Crippen LogP contribution in [0.1, 0.15) is 33.1 Å². The fourth-order valence-electron chi connectivity index (χ4n) is 3.33. The molecule has 1 N–H and O–H groups in total. The van der Waals surface area contributed by atoms with Gasteiger partial charge in [-0.2, -0.15) is 5.26 Å². The molecule has 19 heavy (non-hydrogen) atoms. The summed E-state index contributed by atoms with van der Waals surface area (Å²) in [5.74, 6) is 1.98. The zero-order valence-corrected chi connectivity index (χ0v) is 11.9. The molecule has 1 aromatic carbocycles. The van der Waals surface area contributed by atoms with Crippen LogP contribution in [0.2, 0.25) is 0 Å². The quantitative estimate of drug-likeness (QED) is 0.896. The van der Waals surface area contributed by atoms with Crippen LogP contribution in [0.4, 0.5) is 5.69 Å². The molecule has 0 saturated heterocycles. The van der Waals surface area contributed by atoms with Crippen molar-refractivity contribution < 1.29 is 4.74 Å². The van der Waals surface area contributed by atoms with E-state index in [9.17, 15) is 5.26 Å². The van der Waals surface area contributed by atoms with E-state index in [1.54, 1.807) is 7.11 Å². The highest BCUT2D eigenvalue weighted by Crippen LogP contribution is 2.38. The van der Waals surface area contributed by atoms with E-state index in [0.717, 1.165) is 24.3 Å². The van der Waals surface area contributed by atoms with Crippen molar-refractivity contribution in [2.45, 2.75) is 38.6 Å². The van der Waals surface area contributed by atoms with Gasteiger partial charge in [0.25, 0.3) is 0 Å². The van der Waals surface area contributed by atoms with Crippen LogP contribution in [0.3, 0.4) is 0 Å². The largest absolute Gasteiger partial charge is 0.497 e. The van der Waals surface area contributed by atoms with Gasteiger partial charge in [-0.05, 0) is 43.2 Å². The molecule has 0 radical (unpaired) electrons. The van der Waals surface area contributed by atoms with Gasteiger partial charge in [0.1, 0.15) is 11.3 Å². The van der Waals surface area contributed by atoms with Crippen LogP contribution in [-0.2, 0) is 0 Å². The molecule has 2 unspecified atom stereocenters. The van der Waals surface area contributed by atoms with Crippen LogP contribution in [0, 0.1) is 23.2 Å². The average molecular weight is 258 g/mol. The maximum absolute atomic E-state index is 9.62. The summed E-state index contributed by atoms with van der Waals surface area (Å²) in [5, 5.41) is 13.1. The molecule has 0 aliphatic heterocycles. The Morgan fingerprint density at radius 2 is 2.00 bits per heavy atom. The van der Waals surface area contributed by atoms with Gasteiger partial charge in [0, 0.05) is 11.8 Å². The fourth-order valence-corrected chi connectivity index (χ4v) is 3.33. The van der Waals surface area contributed by atoms with E-state index in [-0.39, 0.29) is 0 Å². The first-order chi connectivity index (χ1) is 9.07. The van der Waals surface area contributed by atoms with Gasteiger partial charge >= 0.3 is 0 Å². The lowest BCUT2D eigenvalue weighted by Crippen LogP contribution is -2.43. The molecule has 102 valence electrons. The van der Waals surface area contributed by atoms with Crippen molar-refractivity contribution >= 4 is 5.69 Å². The van der Waals surface area contributed by atoms with Crippen LogP contribution in [0.5, 0.6) is 5.75 Å². The Balaban J connectivity index is 2.20. The van der Waals surface area contributed by atoms with Gasteiger partial charge < -0.3 is 10.1 Å². The molecule has 0 spiro atoms. The summed E-state index contributed by atoms with van der Waals surface area (Å²) in [6, 6.07) is 10.3. The summed E-state index contributed by atoms with van der Waals surface area (Å²) in [7, 11) is 1.66. The summed E-state index contributed by atoms with van der Waals surface area (Å²) in [6.45, 7) is 4.46. The predicted molar refractivity (Wildman–Crippen MR) is 77.1 cm³/mol. The average Bonchev–Trinajstić information content (AvgIpc) is 2.37. The van der Waals surface area contributed by atoms with Gasteiger partial charge in [-0.25, -0.2) is 0 Å². The maximum Gasteiger partial charge on any atom is 0.125 e. The molecular weight excluding hydrogens is 236 g/mol. The maximum atomic E-state index is 9.62. The molecule has 0 bridgehead atoms. The van der Waals surface area contributed by atoms with Crippen LogP contribution in [-0.4, -0.2) is 12.6 Å². The SMILES string of the molecule is COc1cccc(NC2(C#N)CC(C)CC(C)C2)c1. The fraction of sp³-hybridized carbons (Fsp3) is 0.562. The van der Waals surface area contributed by atoms with Crippen LogP contribution >= 0.6 is 0 Å². The number of nitrogens with zero attached hydrogens (tertiary/aromatic N) is 1. The lowest BCUT2D eigenvalue weighted by atomic mass is 9.72. The van der Waals surface area contributed by atoms with Crippen molar-refractivity contribution in [3.63, 3.8) is 0 Å². The van der Waals surface area contributed by atoms with E-state index in [2.05, 4.69) is 25.2 Å². The third kappa shape index (κ3) is 3.20. The second-order valence-corrected chi connectivity index (χ2v) is 5.91. The molecule has 1 aliphatic rings. The lowest BCUT2D eigenvalue weighted by Gasteiger charge is -2.39. The number of nitrogens with one attached hydrogen (secondary N) is 1. The third-order valence-electron chi connectivity index (χ3n) is 3.87. The predicted octanol–water partition coefficient (Wildman–Crippen LogP) is 3.83. The van der Waals surface area contributed by atoms with Gasteiger partial charge in [0.05, 0.1) is 13.2 Å². The minimum absolute atomic E-state index is 0.441. The van der Waals surface area contributed by atoms with Gasteiger partial charge in [-0.15, -0.1) is 0 Å². The Morgan fingerprint density at radius 1 is 1.32 bits per heavy atom. The topological polar surface area (TPSA) is 45.0 Å². The molecule has 3 heteroatoms. The van der Waals surface area contributed by atoms with Crippen LogP contribution in [0.15, 0.2) is 24.3 Å². The number of nitriles is 1. The number of methoxy groups -OCH3 is 1. The first-order valence-corrected chi connectivity index (χ1v) is 6.90. The molecule has 3 nitrogen and oxygen atoms in total. The van der Waals surface area contributed by atoms with E-state index in [0.29, 0.717) is 11.8 Å². The van der Waals surface area contributed by atoms with Gasteiger partial charge in [-0.3, -0.25) is 0 Å². The number of rotatable bonds is 3. The Hall–Kier alpha value is -1.69. The highest BCUT2D eigenvalue weighted by Gasteiger charge is 2.38. The molecule has 2 atom stereocenters. The number of benzene rings is 1.